The molecule has 1 aromatic carbocycles. The fourth-order valence-electron chi connectivity index (χ4n) is 2.96. The number of rotatable bonds is 4. The lowest BCUT2D eigenvalue weighted by Crippen LogP contribution is -2.31. The molecule has 0 aliphatic carbocycles. The highest BCUT2D eigenvalue weighted by Gasteiger charge is 2.32. The van der Waals surface area contributed by atoms with Gasteiger partial charge in [-0.3, -0.25) is 9.59 Å². The number of likely N-dealkylation sites (tertiary alicyclic amines) is 1. The molecule has 25 heavy (non-hydrogen) atoms. The summed E-state index contributed by atoms with van der Waals surface area (Å²) in [6, 6.07) is 5.92. The predicted molar refractivity (Wildman–Crippen MR) is 93.9 cm³/mol. The first kappa shape index (κ1) is 17.5. The van der Waals surface area contributed by atoms with Crippen molar-refractivity contribution in [3.8, 4) is 0 Å². The highest BCUT2D eigenvalue weighted by molar-refractivity contribution is 7.13. The van der Waals surface area contributed by atoms with E-state index in [1.807, 2.05) is 4.90 Å². The molecule has 0 saturated carbocycles. The van der Waals surface area contributed by atoms with Crippen molar-refractivity contribution < 1.29 is 14.0 Å². The number of aromatic nitrogens is 1. The molecule has 1 aliphatic rings. The van der Waals surface area contributed by atoms with Gasteiger partial charge in [-0.1, -0.05) is 12.1 Å². The van der Waals surface area contributed by atoms with Crippen LogP contribution in [0.15, 0.2) is 30.5 Å². The molecule has 1 aliphatic heterocycles. The zero-order valence-corrected chi connectivity index (χ0v) is 15.1. The fraction of sp³-hybridized carbons (Fsp3) is 0.389. The summed E-state index contributed by atoms with van der Waals surface area (Å²) < 4.78 is 13.0. The normalized spacial score (nSPS) is 16.9. The van der Waals surface area contributed by atoms with Gasteiger partial charge in [0.1, 0.15) is 15.7 Å². The van der Waals surface area contributed by atoms with E-state index < -0.39 is 0 Å². The fourth-order valence-corrected chi connectivity index (χ4v) is 4.05. The van der Waals surface area contributed by atoms with Gasteiger partial charge in [-0.15, -0.1) is 11.3 Å². The van der Waals surface area contributed by atoms with Crippen molar-refractivity contribution in [1.29, 1.82) is 0 Å². The van der Waals surface area contributed by atoms with Crippen LogP contribution >= 0.6 is 11.3 Å². The SMILES string of the molecule is CN(C)C(=O)c1cnc(C2CCCN2C(=O)Cc2ccc(F)cc2)s1. The number of amides is 2. The summed E-state index contributed by atoms with van der Waals surface area (Å²) in [6.07, 6.45) is 3.59. The van der Waals surface area contributed by atoms with Gasteiger partial charge in [-0.05, 0) is 30.5 Å². The van der Waals surface area contributed by atoms with Crippen LogP contribution in [0.3, 0.4) is 0 Å². The summed E-state index contributed by atoms with van der Waals surface area (Å²) in [6.45, 7) is 0.682. The molecule has 1 fully saturated rings. The Morgan fingerprint density at radius 2 is 2.04 bits per heavy atom. The molecule has 1 aromatic heterocycles. The second-order valence-electron chi connectivity index (χ2n) is 6.31. The summed E-state index contributed by atoms with van der Waals surface area (Å²) in [4.78, 5) is 33.0. The van der Waals surface area contributed by atoms with Gasteiger partial charge in [0.15, 0.2) is 0 Å². The minimum absolute atomic E-state index is 0.00444. The van der Waals surface area contributed by atoms with Crippen LogP contribution < -0.4 is 0 Å². The third-order valence-corrected chi connectivity index (χ3v) is 5.35. The van der Waals surface area contributed by atoms with Crippen LogP contribution in [-0.4, -0.2) is 47.2 Å². The maximum Gasteiger partial charge on any atom is 0.265 e. The van der Waals surface area contributed by atoms with E-state index in [4.69, 9.17) is 0 Å². The summed E-state index contributed by atoms with van der Waals surface area (Å²) >= 11 is 1.35. The number of benzene rings is 1. The lowest BCUT2D eigenvalue weighted by molar-refractivity contribution is -0.131. The molecule has 3 rings (SSSR count). The number of carbonyl (C=O) groups is 2. The Balaban J connectivity index is 1.73. The number of hydrogen-bond donors (Lipinski definition) is 0. The van der Waals surface area contributed by atoms with E-state index in [9.17, 15) is 14.0 Å². The summed E-state index contributed by atoms with van der Waals surface area (Å²) in [5.74, 6) is -0.383. The Kier molecular flexibility index (Phi) is 5.13. The Bertz CT molecular complexity index is 773. The smallest absolute Gasteiger partial charge is 0.265 e. The molecule has 2 heterocycles. The molecular weight excluding hydrogens is 341 g/mol. The molecule has 5 nitrogen and oxygen atoms in total. The first-order valence-electron chi connectivity index (χ1n) is 8.17. The van der Waals surface area contributed by atoms with E-state index in [2.05, 4.69) is 4.98 Å². The zero-order chi connectivity index (χ0) is 18.0. The maximum atomic E-state index is 13.0. The molecule has 0 spiro atoms. The van der Waals surface area contributed by atoms with E-state index >= 15 is 0 Å². The third-order valence-electron chi connectivity index (χ3n) is 4.27. The van der Waals surface area contributed by atoms with Crippen LogP contribution in [0.25, 0.3) is 0 Å². The molecular formula is C18H20FN3O2S. The number of thiazole rings is 1. The standard InChI is InChI=1S/C18H20FN3O2S/c1-21(2)18(24)15-11-20-17(25-15)14-4-3-9-22(14)16(23)10-12-5-7-13(19)8-6-12/h5-8,11,14H,3-4,9-10H2,1-2H3. The van der Waals surface area contributed by atoms with E-state index in [0.29, 0.717) is 11.4 Å². The minimum Gasteiger partial charge on any atom is -0.344 e. The van der Waals surface area contributed by atoms with Crippen LogP contribution in [0, 0.1) is 5.82 Å². The number of carbonyl (C=O) groups excluding carboxylic acids is 2. The molecule has 2 amide bonds. The molecule has 132 valence electrons. The Morgan fingerprint density at radius 3 is 2.72 bits per heavy atom. The monoisotopic (exact) mass is 361 g/mol. The predicted octanol–water partition coefficient (Wildman–Crippen LogP) is 2.89. The van der Waals surface area contributed by atoms with Gasteiger partial charge in [0.25, 0.3) is 5.91 Å². The maximum absolute atomic E-state index is 13.0. The first-order chi connectivity index (χ1) is 12.0. The van der Waals surface area contributed by atoms with Gasteiger partial charge in [0, 0.05) is 20.6 Å². The average molecular weight is 361 g/mol. The molecule has 1 unspecified atom stereocenters. The first-order valence-corrected chi connectivity index (χ1v) is 8.98. The molecule has 0 bridgehead atoms. The molecule has 0 radical (unpaired) electrons. The number of halogens is 1. The van der Waals surface area contributed by atoms with Crippen molar-refractivity contribution >= 4 is 23.2 Å². The lowest BCUT2D eigenvalue weighted by Gasteiger charge is -2.23. The van der Waals surface area contributed by atoms with E-state index in [1.165, 1.54) is 28.4 Å². The van der Waals surface area contributed by atoms with Gasteiger partial charge in [0.05, 0.1) is 18.7 Å². The third kappa shape index (κ3) is 3.87. The van der Waals surface area contributed by atoms with Crippen LogP contribution in [-0.2, 0) is 11.2 Å². The van der Waals surface area contributed by atoms with E-state index in [0.717, 1.165) is 23.4 Å². The van der Waals surface area contributed by atoms with Crippen molar-refractivity contribution in [2.45, 2.75) is 25.3 Å². The minimum atomic E-state index is -0.309. The van der Waals surface area contributed by atoms with Gasteiger partial charge in [-0.25, -0.2) is 9.37 Å². The van der Waals surface area contributed by atoms with Gasteiger partial charge in [-0.2, -0.15) is 0 Å². The van der Waals surface area contributed by atoms with E-state index in [1.54, 1.807) is 32.4 Å². The van der Waals surface area contributed by atoms with Crippen molar-refractivity contribution in [2.24, 2.45) is 0 Å². The summed E-state index contributed by atoms with van der Waals surface area (Å²) in [5.41, 5.74) is 0.791. The van der Waals surface area contributed by atoms with Crippen molar-refractivity contribution in [1.82, 2.24) is 14.8 Å². The zero-order valence-electron chi connectivity index (χ0n) is 14.2. The quantitative estimate of drug-likeness (QED) is 0.841. The van der Waals surface area contributed by atoms with Gasteiger partial charge < -0.3 is 9.80 Å². The van der Waals surface area contributed by atoms with Crippen LogP contribution in [0.1, 0.15) is 39.1 Å². The second kappa shape index (κ2) is 7.31. The lowest BCUT2D eigenvalue weighted by atomic mass is 10.1. The highest BCUT2D eigenvalue weighted by Crippen LogP contribution is 2.34. The number of nitrogens with zero attached hydrogens (tertiary/aromatic N) is 3. The molecule has 1 saturated heterocycles. The molecule has 2 aromatic rings. The average Bonchev–Trinajstić information content (AvgIpc) is 3.24. The van der Waals surface area contributed by atoms with Gasteiger partial charge in [0.2, 0.25) is 5.91 Å². The molecule has 0 N–H and O–H groups in total. The summed E-state index contributed by atoms with van der Waals surface area (Å²) in [7, 11) is 3.41. The van der Waals surface area contributed by atoms with E-state index in [-0.39, 0.29) is 30.1 Å². The largest absolute Gasteiger partial charge is 0.344 e. The molecule has 1 atom stereocenters. The molecule has 7 heteroatoms. The number of hydrogen-bond acceptors (Lipinski definition) is 4. The Labute approximate surface area is 150 Å². The van der Waals surface area contributed by atoms with Crippen LogP contribution in [0.2, 0.25) is 0 Å². The van der Waals surface area contributed by atoms with Crippen molar-refractivity contribution in [3.05, 3.63) is 51.7 Å². The van der Waals surface area contributed by atoms with Crippen LogP contribution in [0.5, 0.6) is 0 Å². The van der Waals surface area contributed by atoms with Gasteiger partial charge >= 0.3 is 0 Å². The topological polar surface area (TPSA) is 53.5 Å². The summed E-state index contributed by atoms with van der Waals surface area (Å²) in [5, 5.41) is 0.801. The Morgan fingerprint density at radius 1 is 1.32 bits per heavy atom. The van der Waals surface area contributed by atoms with Crippen molar-refractivity contribution in [3.63, 3.8) is 0 Å². The second-order valence-corrected chi connectivity index (χ2v) is 7.37. The Hall–Kier alpha value is -2.28. The van der Waals surface area contributed by atoms with Crippen LogP contribution in [0.4, 0.5) is 4.39 Å². The highest BCUT2D eigenvalue weighted by atomic mass is 32.1. The van der Waals surface area contributed by atoms with Crippen molar-refractivity contribution in [2.75, 3.05) is 20.6 Å².